The summed E-state index contributed by atoms with van der Waals surface area (Å²) in [4.78, 5) is 8.55. The molecule has 0 aromatic carbocycles. The second-order valence-corrected chi connectivity index (χ2v) is 4.90. The van der Waals surface area contributed by atoms with Crippen molar-refractivity contribution >= 4 is 17.4 Å². The maximum absolute atomic E-state index is 9.19. The number of anilines is 1. The van der Waals surface area contributed by atoms with E-state index >= 15 is 0 Å². The van der Waals surface area contributed by atoms with Gasteiger partial charge in [0.05, 0.1) is 18.0 Å². The standard InChI is InChI=1S/C11H16ClN3O/c1-7-8(2)15-10(9(12)14-7)13-5-11(6-16)3-4-11/h16H,3-6H2,1-2H3,(H,13,15). The van der Waals surface area contributed by atoms with Crippen molar-refractivity contribution in [3.05, 3.63) is 16.5 Å². The lowest BCUT2D eigenvalue weighted by Gasteiger charge is -2.14. The Morgan fingerprint density at radius 2 is 1.94 bits per heavy atom. The van der Waals surface area contributed by atoms with Gasteiger partial charge in [0, 0.05) is 12.0 Å². The lowest BCUT2D eigenvalue weighted by molar-refractivity contribution is 0.219. The number of aromatic nitrogens is 2. The number of aliphatic hydroxyl groups excluding tert-OH is 1. The number of hydrogen-bond donors (Lipinski definition) is 2. The minimum absolute atomic E-state index is 0.0454. The highest BCUT2D eigenvalue weighted by Gasteiger charge is 2.41. The predicted octanol–water partition coefficient (Wildman–Crippen LogP) is 1.93. The summed E-state index contributed by atoms with van der Waals surface area (Å²) in [6, 6.07) is 0. The first-order valence-electron chi connectivity index (χ1n) is 5.42. The van der Waals surface area contributed by atoms with Crippen molar-refractivity contribution in [2.24, 2.45) is 5.41 Å². The smallest absolute Gasteiger partial charge is 0.171 e. The highest BCUT2D eigenvalue weighted by Crippen LogP contribution is 2.45. The molecule has 88 valence electrons. The third-order valence-corrected chi connectivity index (χ3v) is 3.45. The van der Waals surface area contributed by atoms with Crippen LogP contribution in [0.2, 0.25) is 5.15 Å². The molecule has 1 aromatic rings. The molecule has 0 amide bonds. The van der Waals surface area contributed by atoms with Crippen molar-refractivity contribution in [1.29, 1.82) is 0 Å². The van der Waals surface area contributed by atoms with Crippen LogP contribution in [-0.4, -0.2) is 28.2 Å². The molecular weight excluding hydrogens is 226 g/mol. The topological polar surface area (TPSA) is 58.0 Å². The zero-order valence-electron chi connectivity index (χ0n) is 9.55. The van der Waals surface area contributed by atoms with Gasteiger partial charge < -0.3 is 10.4 Å². The summed E-state index contributed by atoms with van der Waals surface area (Å²) in [6.45, 7) is 4.72. The Kier molecular flexibility index (Phi) is 3.04. The first kappa shape index (κ1) is 11.6. The number of halogens is 1. The van der Waals surface area contributed by atoms with Gasteiger partial charge >= 0.3 is 0 Å². The Hall–Kier alpha value is -0.870. The van der Waals surface area contributed by atoms with Crippen LogP contribution in [0.1, 0.15) is 24.2 Å². The highest BCUT2D eigenvalue weighted by atomic mass is 35.5. The lowest BCUT2D eigenvalue weighted by atomic mass is 10.1. The molecule has 1 saturated carbocycles. The summed E-state index contributed by atoms with van der Waals surface area (Å²) in [6.07, 6.45) is 2.12. The fourth-order valence-electron chi connectivity index (χ4n) is 1.53. The number of nitrogens with one attached hydrogen (secondary N) is 1. The van der Waals surface area contributed by atoms with E-state index in [-0.39, 0.29) is 12.0 Å². The molecule has 16 heavy (non-hydrogen) atoms. The van der Waals surface area contributed by atoms with Crippen LogP contribution >= 0.6 is 11.6 Å². The molecule has 1 aromatic heterocycles. The van der Waals surface area contributed by atoms with E-state index in [1.807, 2.05) is 13.8 Å². The minimum Gasteiger partial charge on any atom is -0.396 e. The van der Waals surface area contributed by atoms with Gasteiger partial charge in [-0.05, 0) is 26.7 Å². The number of aliphatic hydroxyl groups is 1. The molecule has 1 heterocycles. The second kappa shape index (κ2) is 4.18. The number of rotatable bonds is 4. The third kappa shape index (κ3) is 2.28. The lowest BCUT2D eigenvalue weighted by Crippen LogP contribution is -2.20. The normalized spacial score (nSPS) is 17.2. The van der Waals surface area contributed by atoms with Crippen LogP contribution in [-0.2, 0) is 0 Å². The van der Waals surface area contributed by atoms with Crippen LogP contribution in [0.25, 0.3) is 0 Å². The Labute approximate surface area is 100 Å². The van der Waals surface area contributed by atoms with Crippen molar-refractivity contribution in [1.82, 2.24) is 9.97 Å². The Morgan fingerprint density at radius 1 is 1.31 bits per heavy atom. The fraction of sp³-hybridized carbons (Fsp3) is 0.636. The number of nitrogens with zero attached hydrogens (tertiary/aromatic N) is 2. The molecule has 0 radical (unpaired) electrons. The molecule has 1 fully saturated rings. The average Bonchev–Trinajstić information content (AvgIpc) is 3.02. The summed E-state index contributed by atoms with van der Waals surface area (Å²) < 4.78 is 0. The number of hydrogen-bond acceptors (Lipinski definition) is 4. The molecule has 0 bridgehead atoms. The van der Waals surface area contributed by atoms with E-state index in [1.165, 1.54) is 0 Å². The molecule has 2 rings (SSSR count). The Bertz CT molecular complexity index is 404. The Balaban J connectivity index is 2.07. The summed E-state index contributed by atoms with van der Waals surface area (Å²) in [5, 5.41) is 12.8. The quantitative estimate of drug-likeness (QED) is 0.846. The van der Waals surface area contributed by atoms with E-state index in [0.29, 0.717) is 17.5 Å². The monoisotopic (exact) mass is 241 g/mol. The zero-order valence-corrected chi connectivity index (χ0v) is 10.3. The molecule has 0 atom stereocenters. The molecule has 1 aliphatic rings. The van der Waals surface area contributed by atoms with Gasteiger partial charge in [-0.25, -0.2) is 9.97 Å². The van der Waals surface area contributed by atoms with Crippen molar-refractivity contribution in [3.63, 3.8) is 0 Å². The molecule has 0 spiro atoms. The maximum atomic E-state index is 9.19. The maximum Gasteiger partial charge on any atom is 0.171 e. The van der Waals surface area contributed by atoms with Crippen molar-refractivity contribution in [2.75, 3.05) is 18.5 Å². The van der Waals surface area contributed by atoms with Gasteiger partial charge in [-0.15, -0.1) is 0 Å². The van der Waals surface area contributed by atoms with Crippen LogP contribution in [0.15, 0.2) is 0 Å². The first-order valence-corrected chi connectivity index (χ1v) is 5.80. The van der Waals surface area contributed by atoms with Gasteiger partial charge in [-0.3, -0.25) is 0 Å². The van der Waals surface area contributed by atoms with Gasteiger partial charge in [-0.2, -0.15) is 0 Å². The molecule has 0 saturated heterocycles. The van der Waals surface area contributed by atoms with Crippen LogP contribution in [0.4, 0.5) is 5.82 Å². The summed E-state index contributed by atoms with van der Waals surface area (Å²) in [7, 11) is 0. The van der Waals surface area contributed by atoms with E-state index < -0.39 is 0 Å². The first-order chi connectivity index (χ1) is 7.56. The third-order valence-electron chi connectivity index (χ3n) is 3.19. The van der Waals surface area contributed by atoms with Crippen molar-refractivity contribution in [3.8, 4) is 0 Å². The predicted molar refractivity (Wildman–Crippen MR) is 63.8 cm³/mol. The largest absolute Gasteiger partial charge is 0.396 e. The molecule has 5 heteroatoms. The van der Waals surface area contributed by atoms with Crippen LogP contribution in [0.5, 0.6) is 0 Å². The van der Waals surface area contributed by atoms with Gasteiger partial charge in [0.15, 0.2) is 11.0 Å². The van der Waals surface area contributed by atoms with E-state index in [1.54, 1.807) is 0 Å². The van der Waals surface area contributed by atoms with E-state index in [2.05, 4.69) is 15.3 Å². The minimum atomic E-state index is 0.0454. The summed E-state index contributed by atoms with van der Waals surface area (Å²) in [5.41, 5.74) is 1.77. The molecule has 0 aliphatic heterocycles. The van der Waals surface area contributed by atoms with Crippen molar-refractivity contribution in [2.45, 2.75) is 26.7 Å². The van der Waals surface area contributed by atoms with Gasteiger partial charge in [0.1, 0.15) is 0 Å². The van der Waals surface area contributed by atoms with Crippen LogP contribution < -0.4 is 5.32 Å². The van der Waals surface area contributed by atoms with E-state index in [0.717, 1.165) is 24.2 Å². The second-order valence-electron chi connectivity index (χ2n) is 4.55. The number of aryl methyl sites for hydroxylation is 2. The fourth-order valence-corrected chi connectivity index (χ4v) is 1.76. The molecule has 1 aliphatic carbocycles. The van der Waals surface area contributed by atoms with E-state index in [9.17, 15) is 5.11 Å². The summed E-state index contributed by atoms with van der Waals surface area (Å²) in [5.74, 6) is 0.615. The van der Waals surface area contributed by atoms with Gasteiger partial charge in [0.25, 0.3) is 0 Å². The van der Waals surface area contributed by atoms with Gasteiger partial charge in [-0.1, -0.05) is 11.6 Å². The van der Waals surface area contributed by atoms with E-state index in [4.69, 9.17) is 11.6 Å². The van der Waals surface area contributed by atoms with Gasteiger partial charge in [0.2, 0.25) is 0 Å². The zero-order chi connectivity index (χ0) is 11.8. The highest BCUT2D eigenvalue weighted by molar-refractivity contribution is 6.31. The molecule has 2 N–H and O–H groups in total. The SMILES string of the molecule is Cc1nc(Cl)c(NCC2(CO)CC2)nc1C. The molecular formula is C11H16ClN3O. The molecule has 0 unspecified atom stereocenters. The summed E-state index contributed by atoms with van der Waals surface area (Å²) >= 11 is 6.00. The van der Waals surface area contributed by atoms with Crippen LogP contribution in [0.3, 0.4) is 0 Å². The van der Waals surface area contributed by atoms with Crippen molar-refractivity contribution < 1.29 is 5.11 Å². The average molecular weight is 242 g/mol. The Morgan fingerprint density at radius 3 is 2.50 bits per heavy atom. The van der Waals surface area contributed by atoms with Crippen LogP contribution in [0, 0.1) is 19.3 Å². The molecule has 4 nitrogen and oxygen atoms in total.